The van der Waals surface area contributed by atoms with E-state index in [0.717, 1.165) is 44.3 Å². The van der Waals surface area contributed by atoms with Crippen molar-refractivity contribution in [2.75, 3.05) is 23.3 Å². The van der Waals surface area contributed by atoms with E-state index in [1.807, 2.05) is 17.9 Å². The molecule has 2 aromatic carbocycles. The molecule has 27 heavy (non-hydrogen) atoms. The number of carbonyl (C=O) groups is 1. The third-order valence-electron chi connectivity index (χ3n) is 4.81. The lowest BCUT2D eigenvalue weighted by Gasteiger charge is -2.22. The number of amides is 1. The molecule has 0 radical (unpaired) electrons. The van der Waals surface area contributed by atoms with Crippen LogP contribution in [0.2, 0.25) is 5.02 Å². The van der Waals surface area contributed by atoms with Gasteiger partial charge in [0.1, 0.15) is 5.69 Å². The fraction of sp³-hybridized carbons (Fsp3) is 0.350. The molecule has 1 heterocycles. The SMILES string of the molecule is Cc1ccc(NC(=O)c2ccc(N3CCCCCC3)c([N+](=O)[O-])c2)cc1Cl. The van der Waals surface area contributed by atoms with Gasteiger partial charge in [0.2, 0.25) is 0 Å². The molecular weight excluding hydrogens is 366 g/mol. The number of nitrogens with one attached hydrogen (secondary N) is 1. The molecule has 142 valence electrons. The predicted molar refractivity (Wildman–Crippen MR) is 108 cm³/mol. The molecule has 3 rings (SSSR count). The maximum absolute atomic E-state index is 12.5. The molecule has 0 atom stereocenters. The highest BCUT2D eigenvalue weighted by Crippen LogP contribution is 2.31. The van der Waals surface area contributed by atoms with Crippen LogP contribution in [0.3, 0.4) is 0 Å². The van der Waals surface area contributed by atoms with Crippen LogP contribution in [0.5, 0.6) is 0 Å². The second-order valence-electron chi connectivity index (χ2n) is 6.78. The van der Waals surface area contributed by atoms with Gasteiger partial charge in [-0.2, -0.15) is 0 Å². The lowest BCUT2D eigenvalue weighted by atomic mass is 10.1. The van der Waals surface area contributed by atoms with Gasteiger partial charge in [-0.15, -0.1) is 0 Å². The zero-order chi connectivity index (χ0) is 19.4. The molecule has 1 N–H and O–H groups in total. The van der Waals surface area contributed by atoms with Crippen molar-refractivity contribution in [2.24, 2.45) is 0 Å². The maximum Gasteiger partial charge on any atom is 0.293 e. The van der Waals surface area contributed by atoms with Gasteiger partial charge in [-0.3, -0.25) is 14.9 Å². The minimum Gasteiger partial charge on any atom is -0.366 e. The number of nitro groups is 1. The zero-order valence-electron chi connectivity index (χ0n) is 15.2. The maximum atomic E-state index is 12.5. The van der Waals surface area contributed by atoms with Crippen LogP contribution in [0.4, 0.5) is 17.1 Å². The average molecular weight is 388 g/mol. The summed E-state index contributed by atoms with van der Waals surface area (Å²) in [7, 11) is 0. The summed E-state index contributed by atoms with van der Waals surface area (Å²) in [5.74, 6) is -0.402. The molecule has 7 heteroatoms. The molecule has 0 bridgehead atoms. The minimum atomic E-state index is -0.417. The molecule has 0 unspecified atom stereocenters. The van der Waals surface area contributed by atoms with Gasteiger partial charge in [0.05, 0.1) is 4.92 Å². The number of anilines is 2. The summed E-state index contributed by atoms with van der Waals surface area (Å²) in [6, 6.07) is 9.89. The van der Waals surface area contributed by atoms with Crippen LogP contribution < -0.4 is 10.2 Å². The Labute approximate surface area is 163 Å². The number of hydrogen-bond acceptors (Lipinski definition) is 4. The second-order valence-corrected chi connectivity index (χ2v) is 7.19. The van der Waals surface area contributed by atoms with E-state index in [0.29, 0.717) is 16.4 Å². The van der Waals surface area contributed by atoms with Gasteiger partial charge in [0.25, 0.3) is 11.6 Å². The Morgan fingerprint density at radius 3 is 2.44 bits per heavy atom. The summed E-state index contributed by atoms with van der Waals surface area (Å²) in [6.45, 7) is 3.47. The Morgan fingerprint density at radius 2 is 1.81 bits per heavy atom. The number of aryl methyl sites for hydroxylation is 1. The summed E-state index contributed by atoms with van der Waals surface area (Å²) in [4.78, 5) is 25.8. The molecular formula is C20H22ClN3O3. The number of rotatable bonds is 4. The van der Waals surface area contributed by atoms with Crippen LogP contribution in [-0.2, 0) is 0 Å². The van der Waals surface area contributed by atoms with Gasteiger partial charge < -0.3 is 10.2 Å². The topological polar surface area (TPSA) is 75.5 Å². The van der Waals surface area contributed by atoms with Gasteiger partial charge in [-0.25, -0.2) is 0 Å². The largest absolute Gasteiger partial charge is 0.366 e. The second kappa shape index (κ2) is 8.39. The predicted octanol–water partition coefficient (Wildman–Crippen LogP) is 5.19. The summed E-state index contributed by atoms with van der Waals surface area (Å²) in [5.41, 5.74) is 2.25. The van der Waals surface area contributed by atoms with Crippen molar-refractivity contribution in [3.05, 3.63) is 62.7 Å². The van der Waals surface area contributed by atoms with Crippen molar-refractivity contribution < 1.29 is 9.72 Å². The number of nitro benzene ring substituents is 1. The van der Waals surface area contributed by atoms with E-state index in [9.17, 15) is 14.9 Å². The minimum absolute atomic E-state index is 0.0357. The molecule has 2 aromatic rings. The first kappa shape index (κ1) is 19.2. The van der Waals surface area contributed by atoms with E-state index in [2.05, 4.69) is 5.32 Å². The van der Waals surface area contributed by atoms with Gasteiger partial charge in [-0.05, 0) is 49.6 Å². The molecule has 0 spiro atoms. The first-order valence-electron chi connectivity index (χ1n) is 9.06. The molecule has 0 aromatic heterocycles. The normalized spacial score (nSPS) is 14.5. The molecule has 1 amide bonds. The van der Waals surface area contributed by atoms with Crippen molar-refractivity contribution in [2.45, 2.75) is 32.6 Å². The third kappa shape index (κ3) is 4.57. The van der Waals surface area contributed by atoms with E-state index in [1.165, 1.54) is 6.07 Å². The van der Waals surface area contributed by atoms with Gasteiger partial charge in [-0.1, -0.05) is 30.5 Å². The molecule has 1 fully saturated rings. The summed E-state index contributed by atoms with van der Waals surface area (Å²) in [6.07, 6.45) is 4.33. The van der Waals surface area contributed by atoms with Crippen molar-refractivity contribution in [1.29, 1.82) is 0 Å². The zero-order valence-corrected chi connectivity index (χ0v) is 16.0. The van der Waals surface area contributed by atoms with E-state index in [1.54, 1.807) is 24.3 Å². The molecule has 0 aliphatic carbocycles. The van der Waals surface area contributed by atoms with Crippen LogP contribution >= 0.6 is 11.6 Å². The highest BCUT2D eigenvalue weighted by atomic mass is 35.5. The Kier molecular flexibility index (Phi) is 5.96. The lowest BCUT2D eigenvalue weighted by molar-refractivity contribution is -0.384. The molecule has 6 nitrogen and oxygen atoms in total. The van der Waals surface area contributed by atoms with E-state index in [4.69, 9.17) is 11.6 Å². The van der Waals surface area contributed by atoms with Crippen LogP contribution in [0.25, 0.3) is 0 Å². The number of hydrogen-bond donors (Lipinski definition) is 1. The highest BCUT2D eigenvalue weighted by molar-refractivity contribution is 6.31. The van der Waals surface area contributed by atoms with Crippen molar-refractivity contribution in [1.82, 2.24) is 0 Å². The summed E-state index contributed by atoms with van der Waals surface area (Å²) >= 11 is 6.08. The Bertz CT molecular complexity index is 862. The van der Waals surface area contributed by atoms with E-state index < -0.39 is 10.8 Å². The first-order valence-corrected chi connectivity index (χ1v) is 9.44. The fourth-order valence-electron chi connectivity index (χ4n) is 3.26. The summed E-state index contributed by atoms with van der Waals surface area (Å²) in [5, 5.41) is 14.9. The molecule has 1 saturated heterocycles. The summed E-state index contributed by atoms with van der Waals surface area (Å²) < 4.78 is 0. The molecule has 1 aliphatic rings. The van der Waals surface area contributed by atoms with E-state index in [-0.39, 0.29) is 11.3 Å². The first-order chi connectivity index (χ1) is 13.0. The fourth-order valence-corrected chi connectivity index (χ4v) is 3.44. The van der Waals surface area contributed by atoms with Gasteiger partial charge in [0, 0.05) is 35.4 Å². The van der Waals surface area contributed by atoms with Crippen LogP contribution in [0.1, 0.15) is 41.6 Å². The smallest absolute Gasteiger partial charge is 0.293 e. The monoisotopic (exact) mass is 387 g/mol. The number of nitrogens with zero attached hydrogens (tertiary/aromatic N) is 2. The van der Waals surface area contributed by atoms with Crippen LogP contribution in [0.15, 0.2) is 36.4 Å². The van der Waals surface area contributed by atoms with Gasteiger partial charge >= 0.3 is 0 Å². The average Bonchev–Trinajstić information content (AvgIpc) is 2.93. The van der Waals surface area contributed by atoms with Crippen LogP contribution in [0, 0.1) is 17.0 Å². The molecule has 1 aliphatic heterocycles. The number of benzene rings is 2. The van der Waals surface area contributed by atoms with E-state index >= 15 is 0 Å². The lowest BCUT2D eigenvalue weighted by Crippen LogP contribution is -2.25. The molecule has 0 saturated carbocycles. The number of halogens is 1. The Balaban J connectivity index is 1.85. The third-order valence-corrected chi connectivity index (χ3v) is 5.22. The standard InChI is InChI=1S/C20H22ClN3O3/c1-14-6-8-16(13-17(14)21)22-20(25)15-7-9-18(19(12-15)24(26)27)23-10-4-2-3-5-11-23/h6-9,12-13H,2-5,10-11H2,1H3,(H,22,25). The Morgan fingerprint density at radius 1 is 1.11 bits per heavy atom. The van der Waals surface area contributed by atoms with Crippen molar-refractivity contribution >= 4 is 34.6 Å². The Hall–Kier alpha value is -2.60. The van der Waals surface area contributed by atoms with Crippen molar-refractivity contribution in [3.63, 3.8) is 0 Å². The quantitative estimate of drug-likeness (QED) is 0.578. The van der Waals surface area contributed by atoms with Crippen LogP contribution in [-0.4, -0.2) is 23.9 Å². The van der Waals surface area contributed by atoms with Gasteiger partial charge in [0.15, 0.2) is 0 Å². The number of carbonyl (C=O) groups excluding carboxylic acids is 1. The van der Waals surface area contributed by atoms with Crippen molar-refractivity contribution in [3.8, 4) is 0 Å². The highest BCUT2D eigenvalue weighted by Gasteiger charge is 2.22.